The molecule has 0 spiro atoms. The fourth-order valence-corrected chi connectivity index (χ4v) is 6.92. The number of rotatable bonds is 9. The third-order valence-corrected chi connectivity index (χ3v) is 8.81. The number of anilines is 3. The molecule has 2 aromatic heterocycles. The lowest BCUT2D eigenvalue weighted by Gasteiger charge is -2.29. The number of thiocarbonyl (C=S) groups is 1. The second kappa shape index (κ2) is 11.8. The van der Waals surface area contributed by atoms with E-state index in [0.717, 1.165) is 58.9 Å². The molecule has 5 rings (SSSR count). The van der Waals surface area contributed by atoms with Crippen molar-refractivity contribution in [1.82, 2.24) is 14.9 Å². The van der Waals surface area contributed by atoms with Crippen LogP contribution in [-0.4, -0.2) is 42.4 Å². The quantitative estimate of drug-likeness (QED) is 0.221. The van der Waals surface area contributed by atoms with Gasteiger partial charge in [-0.2, -0.15) is 0 Å². The maximum atomic E-state index is 11.9. The van der Waals surface area contributed by atoms with Gasteiger partial charge in [0, 0.05) is 47.7 Å². The Morgan fingerprint density at radius 1 is 0.976 bits per heavy atom. The van der Waals surface area contributed by atoms with E-state index in [1.165, 1.54) is 5.69 Å². The number of benzene rings is 2. The molecule has 220 valence electrons. The predicted molar refractivity (Wildman–Crippen MR) is 176 cm³/mol. The molecule has 10 heteroatoms. The molecule has 8 nitrogen and oxygen atoms in total. The normalized spacial score (nSPS) is 16.9. The first-order chi connectivity index (χ1) is 20.0. The molecule has 3 heterocycles. The summed E-state index contributed by atoms with van der Waals surface area (Å²) in [6, 6.07) is 22.2. The Hall–Kier alpha value is -3.89. The molecule has 2 aromatic carbocycles. The zero-order valence-corrected chi connectivity index (χ0v) is 26.6. The zero-order valence-electron chi connectivity index (χ0n) is 24.9. The summed E-state index contributed by atoms with van der Waals surface area (Å²) in [5.41, 5.74) is 8.82. The van der Waals surface area contributed by atoms with Crippen molar-refractivity contribution in [2.24, 2.45) is 0 Å². The molecule has 0 bridgehead atoms. The van der Waals surface area contributed by atoms with Gasteiger partial charge in [-0.3, -0.25) is 9.71 Å². The first kappa shape index (κ1) is 29.6. The van der Waals surface area contributed by atoms with Crippen LogP contribution in [0, 0.1) is 20.8 Å². The van der Waals surface area contributed by atoms with Crippen LogP contribution in [0.15, 0.2) is 72.9 Å². The van der Waals surface area contributed by atoms with Crippen molar-refractivity contribution in [3.63, 3.8) is 0 Å². The third-order valence-electron chi connectivity index (χ3n) is 7.91. The van der Waals surface area contributed by atoms with Crippen LogP contribution in [0.3, 0.4) is 0 Å². The van der Waals surface area contributed by atoms with Gasteiger partial charge in [0.15, 0.2) is 5.11 Å². The Kier molecular flexibility index (Phi) is 8.30. The van der Waals surface area contributed by atoms with Crippen molar-refractivity contribution in [2.75, 3.05) is 33.9 Å². The number of hydrogen-bond acceptors (Lipinski definition) is 5. The topological polar surface area (TPSA) is 82.5 Å². The molecule has 0 amide bonds. The van der Waals surface area contributed by atoms with Gasteiger partial charge in [0.1, 0.15) is 0 Å². The molecule has 2 N–H and O–H groups in total. The molecule has 1 fully saturated rings. The average Bonchev–Trinajstić information content (AvgIpc) is 3.45. The first-order valence-electron chi connectivity index (χ1n) is 14.2. The summed E-state index contributed by atoms with van der Waals surface area (Å²) in [4.78, 5) is 9.16. The summed E-state index contributed by atoms with van der Waals surface area (Å²) in [6.07, 6.45) is 2.95. The van der Waals surface area contributed by atoms with Crippen molar-refractivity contribution >= 4 is 44.4 Å². The van der Waals surface area contributed by atoms with Crippen molar-refractivity contribution in [1.29, 1.82) is 0 Å². The van der Waals surface area contributed by atoms with Crippen LogP contribution in [0.1, 0.15) is 54.1 Å². The molecular formula is C32H38N6O2S2. The van der Waals surface area contributed by atoms with Gasteiger partial charge in [0.05, 0.1) is 29.7 Å². The predicted octanol–water partition coefficient (Wildman–Crippen LogP) is 6.19. The van der Waals surface area contributed by atoms with Crippen LogP contribution in [0.2, 0.25) is 0 Å². The van der Waals surface area contributed by atoms with Crippen molar-refractivity contribution in [3.05, 3.63) is 101 Å². The van der Waals surface area contributed by atoms with Gasteiger partial charge in [-0.05, 0) is 119 Å². The Labute approximate surface area is 254 Å². The van der Waals surface area contributed by atoms with Crippen LogP contribution < -0.4 is 19.8 Å². The van der Waals surface area contributed by atoms with Crippen molar-refractivity contribution < 1.29 is 8.42 Å². The number of pyridine rings is 1. The van der Waals surface area contributed by atoms with E-state index in [4.69, 9.17) is 17.2 Å². The van der Waals surface area contributed by atoms with Crippen LogP contribution in [0.4, 0.5) is 17.1 Å². The fourth-order valence-electron chi connectivity index (χ4n) is 5.95. The molecule has 2 atom stereocenters. The van der Waals surface area contributed by atoms with Crippen LogP contribution in [0.25, 0.3) is 5.69 Å². The van der Waals surface area contributed by atoms with Gasteiger partial charge in [0.2, 0.25) is 10.0 Å². The molecule has 1 aliphatic heterocycles. The van der Waals surface area contributed by atoms with E-state index in [9.17, 15) is 8.42 Å². The maximum absolute atomic E-state index is 11.9. The monoisotopic (exact) mass is 602 g/mol. The largest absolute Gasteiger partial charge is 0.372 e. The van der Waals surface area contributed by atoms with E-state index >= 15 is 0 Å². The second-order valence-corrected chi connectivity index (χ2v) is 12.9. The summed E-state index contributed by atoms with van der Waals surface area (Å²) in [6.45, 7) is 12.4. The van der Waals surface area contributed by atoms with E-state index in [1.807, 2.05) is 37.3 Å². The molecule has 0 saturated carbocycles. The minimum Gasteiger partial charge on any atom is -0.372 e. The Balaban J connectivity index is 1.60. The van der Waals surface area contributed by atoms with Gasteiger partial charge in [0.25, 0.3) is 0 Å². The summed E-state index contributed by atoms with van der Waals surface area (Å²) >= 11 is 5.94. The van der Waals surface area contributed by atoms with Crippen LogP contribution >= 0.6 is 12.2 Å². The molecule has 0 unspecified atom stereocenters. The highest BCUT2D eigenvalue weighted by Gasteiger charge is 2.42. The van der Waals surface area contributed by atoms with Crippen LogP contribution in [0.5, 0.6) is 0 Å². The third kappa shape index (κ3) is 5.73. The van der Waals surface area contributed by atoms with E-state index in [0.29, 0.717) is 10.8 Å². The number of nitrogens with zero attached hydrogens (tertiary/aromatic N) is 4. The van der Waals surface area contributed by atoms with Gasteiger partial charge < -0.3 is 19.7 Å². The van der Waals surface area contributed by atoms with E-state index in [-0.39, 0.29) is 12.1 Å². The second-order valence-electron chi connectivity index (χ2n) is 10.7. The summed E-state index contributed by atoms with van der Waals surface area (Å²) < 4.78 is 28.7. The lowest BCUT2D eigenvalue weighted by atomic mass is 9.96. The van der Waals surface area contributed by atoms with E-state index in [1.54, 1.807) is 12.3 Å². The molecular weight excluding hydrogens is 565 g/mol. The van der Waals surface area contributed by atoms with Crippen molar-refractivity contribution in [2.45, 2.75) is 46.7 Å². The SMILES string of the molecule is CCN(CC)c1ccc(-n2c(C)cc([C@H]3[C@H](c4ccccn4)NC(=S)N3c3ccc(NS(C)(=O)=O)c(C)c3)c2C)cc1. The summed E-state index contributed by atoms with van der Waals surface area (Å²) in [5.74, 6) is 0. The highest BCUT2D eigenvalue weighted by molar-refractivity contribution is 7.92. The van der Waals surface area contributed by atoms with Crippen LogP contribution in [-0.2, 0) is 10.0 Å². The number of hydrogen-bond donors (Lipinski definition) is 2. The Morgan fingerprint density at radius 2 is 1.67 bits per heavy atom. The fraction of sp³-hybridized carbons (Fsp3) is 0.312. The highest BCUT2D eigenvalue weighted by atomic mass is 32.2. The van der Waals surface area contributed by atoms with E-state index < -0.39 is 10.0 Å². The standard InChI is InChI=1S/C32H38N6O2S2/c1-7-36(8-2)24-12-14-25(15-13-24)37-22(4)20-27(23(37)5)31-30(29-11-9-10-18-33-29)34-32(41)38(31)26-16-17-28(21(3)19-26)35-42(6,39)40/h9-20,30-31,35H,7-8H2,1-6H3,(H,34,41)/t30-,31-/m0/s1. The van der Waals surface area contributed by atoms with Gasteiger partial charge in [-0.1, -0.05) is 6.07 Å². The van der Waals surface area contributed by atoms with Crippen molar-refractivity contribution in [3.8, 4) is 5.69 Å². The molecule has 1 aliphatic rings. The van der Waals surface area contributed by atoms with E-state index in [2.05, 4.69) is 82.4 Å². The molecule has 42 heavy (non-hydrogen) atoms. The highest BCUT2D eigenvalue weighted by Crippen LogP contribution is 2.44. The maximum Gasteiger partial charge on any atom is 0.229 e. The Morgan fingerprint density at radius 3 is 2.26 bits per heavy atom. The average molecular weight is 603 g/mol. The molecule has 4 aromatic rings. The number of sulfonamides is 1. The lowest BCUT2D eigenvalue weighted by molar-refractivity contribution is 0.565. The minimum atomic E-state index is -3.40. The van der Waals surface area contributed by atoms with Gasteiger partial charge in [-0.15, -0.1) is 0 Å². The summed E-state index contributed by atoms with van der Waals surface area (Å²) in [5, 5.41) is 4.13. The smallest absolute Gasteiger partial charge is 0.229 e. The van der Waals surface area contributed by atoms with Gasteiger partial charge >= 0.3 is 0 Å². The molecule has 1 saturated heterocycles. The Bertz CT molecular complexity index is 1700. The van der Waals surface area contributed by atoms with Gasteiger partial charge in [-0.25, -0.2) is 8.42 Å². The molecule has 0 aliphatic carbocycles. The summed E-state index contributed by atoms with van der Waals surface area (Å²) in [7, 11) is -3.40. The molecule has 0 radical (unpaired) electrons. The zero-order chi connectivity index (χ0) is 30.2. The number of aryl methyl sites for hydroxylation is 2. The first-order valence-corrected chi connectivity index (χ1v) is 16.5. The minimum absolute atomic E-state index is 0.185. The number of nitrogens with one attached hydrogen (secondary N) is 2. The lowest BCUT2D eigenvalue weighted by Crippen LogP contribution is -2.29. The number of aromatic nitrogens is 2.